The molecule has 1 aliphatic carbocycles. The molecular formula is C14H14F3N. The molecule has 0 unspecified atom stereocenters. The van der Waals surface area contributed by atoms with Crippen LogP contribution in [-0.4, -0.2) is 6.54 Å². The molecule has 1 saturated carbocycles. The van der Waals surface area contributed by atoms with Gasteiger partial charge in [0, 0.05) is 0 Å². The number of hydrogen-bond donors (Lipinski definition) is 0. The Bertz CT molecular complexity index is 465. The molecule has 2 rings (SSSR count). The van der Waals surface area contributed by atoms with E-state index in [1.54, 1.807) is 12.1 Å². The monoisotopic (exact) mass is 253 g/mol. The third kappa shape index (κ3) is 2.22. The molecule has 0 spiro atoms. The maximum absolute atomic E-state index is 13.0. The van der Waals surface area contributed by atoms with E-state index in [4.69, 9.17) is 6.57 Å². The summed E-state index contributed by atoms with van der Waals surface area (Å²) in [6, 6.07) is 5.71. The van der Waals surface area contributed by atoms with Crippen LogP contribution in [0.15, 0.2) is 24.3 Å². The number of rotatable bonds is 2. The van der Waals surface area contributed by atoms with Crippen molar-refractivity contribution in [2.75, 3.05) is 6.54 Å². The van der Waals surface area contributed by atoms with Crippen molar-refractivity contribution in [1.29, 1.82) is 0 Å². The summed E-state index contributed by atoms with van der Waals surface area (Å²) in [5.74, 6) is 0. The van der Waals surface area contributed by atoms with Gasteiger partial charge in [-0.05, 0) is 24.5 Å². The van der Waals surface area contributed by atoms with Gasteiger partial charge in [-0.2, -0.15) is 13.2 Å². The molecule has 0 saturated heterocycles. The highest BCUT2D eigenvalue weighted by atomic mass is 19.4. The van der Waals surface area contributed by atoms with Gasteiger partial charge in [0.05, 0.1) is 11.0 Å². The highest BCUT2D eigenvalue weighted by Crippen LogP contribution is 2.46. The minimum Gasteiger partial charge on any atom is -0.316 e. The minimum absolute atomic E-state index is 0.153. The van der Waals surface area contributed by atoms with E-state index in [2.05, 4.69) is 4.85 Å². The van der Waals surface area contributed by atoms with Crippen molar-refractivity contribution in [3.8, 4) is 0 Å². The first-order chi connectivity index (χ1) is 8.49. The summed E-state index contributed by atoms with van der Waals surface area (Å²) in [5, 5.41) is 0. The number of nitrogens with zero attached hydrogens (tertiary/aromatic N) is 1. The van der Waals surface area contributed by atoms with Crippen LogP contribution in [0.25, 0.3) is 4.85 Å². The van der Waals surface area contributed by atoms with Gasteiger partial charge >= 0.3 is 6.18 Å². The molecule has 0 atom stereocenters. The Morgan fingerprint density at radius 1 is 1.17 bits per heavy atom. The van der Waals surface area contributed by atoms with Crippen molar-refractivity contribution >= 4 is 0 Å². The fourth-order valence-corrected chi connectivity index (χ4v) is 2.91. The summed E-state index contributed by atoms with van der Waals surface area (Å²) in [6.07, 6.45) is -1.16. The maximum atomic E-state index is 13.0. The van der Waals surface area contributed by atoms with Crippen LogP contribution in [0, 0.1) is 6.57 Å². The molecule has 1 aliphatic rings. The van der Waals surface area contributed by atoms with E-state index in [-0.39, 0.29) is 6.54 Å². The van der Waals surface area contributed by atoms with Gasteiger partial charge in [-0.15, -0.1) is 0 Å². The minimum atomic E-state index is -4.34. The third-order valence-electron chi connectivity index (χ3n) is 3.75. The Hall–Kier alpha value is -1.50. The largest absolute Gasteiger partial charge is 0.416 e. The predicted octanol–water partition coefficient (Wildman–Crippen LogP) is 4.44. The molecule has 0 bridgehead atoms. The highest BCUT2D eigenvalue weighted by molar-refractivity contribution is 5.38. The van der Waals surface area contributed by atoms with Crippen molar-refractivity contribution in [3.05, 3.63) is 46.8 Å². The van der Waals surface area contributed by atoms with Crippen molar-refractivity contribution < 1.29 is 13.2 Å². The molecule has 4 heteroatoms. The number of halogens is 3. The van der Waals surface area contributed by atoms with Gasteiger partial charge < -0.3 is 4.85 Å². The first kappa shape index (κ1) is 12.9. The van der Waals surface area contributed by atoms with Crippen LogP contribution >= 0.6 is 0 Å². The summed E-state index contributed by atoms with van der Waals surface area (Å²) in [6.45, 7) is 7.17. The standard InChI is InChI=1S/C14H14F3N/c1-18-10-13(8-4-5-9-13)11-6-2-3-7-12(11)14(15,16)17/h2-3,6-7H,4-5,8-10H2. The van der Waals surface area contributed by atoms with Gasteiger partial charge in [0.2, 0.25) is 6.54 Å². The molecule has 18 heavy (non-hydrogen) atoms. The van der Waals surface area contributed by atoms with Crippen LogP contribution in [0.1, 0.15) is 36.8 Å². The molecule has 0 radical (unpaired) electrons. The van der Waals surface area contributed by atoms with Crippen molar-refractivity contribution in [2.24, 2.45) is 0 Å². The van der Waals surface area contributed by atoms with Crippen molar-refractivity contribution in [2.45, 2.75) is 37.3 Å². The van der Waals surface area contributed by atoms with Gasteiger partial charge in [-0.25, -0.2) is 6.57 Å². The van der Waals surface area contributed by atoms with E-state index in [1.165, 1.54) is 6.07 Å². The smallest absolute Gasteiger partial charge is 0.316 e. The van der Waals surface area contributed by atoms with Crippen LogP contribution < -0.4 is 0 Å². The summed E-state index contributed by atoms with van der Waals surface area (Å²) in [7, 11) is 0. The molecule has 0 amide bonds. The van der Waals surface area contributed by atoms with E-state index in [1.807, 2.05) is 0 Å². The van der Waals surface area contributed by atoms with Gasteiger partial charge in [0.25, 0.3) is 0 Å². The van der Waals surface area contributed by atoms with Gasteiger partial charge in [0.1, 0.15) is 0 Å². The first-order valence-corrected chi connectivity index (χ1v) is 5.99. The fraction of sp³-hybridized carbons (Fsp3) is 0.500. The van der Waals surface area contributed by atoms with E-state index < -0.39 is 17.2 Å². The first-order valence-electron chi connectivity index (χ1n) is 5.99. The molecular weight excluding hydrogens is 239 g/mol. The number of alkyl halides is 3. The molecule has 0 aromatic heterocycles. The molecule has 0 aliphatic heterocycles. The second-order valence-electron chi connectivity index (χ2n) is 4.85. The third-order valence-corrected chi connectivity index (χ3v) is 3.75. The predicted molar refractivity (Wildman–Crippen MR) is 63.1 cm³/mol. The zero-order chi connectivity index (χ0) is 13.2. The topological polar surface area (TPSA) is 4.36 Å². The average molecular weight is 253 g/mol. The lowest BCUT2D eigenvalue weighted by Gasteiger charge is -2.27. The van der Waals surface area contributed by atoms with Crippen LogP contribution in [0.5, 0.6) is 0 Å². The lowest BCUT2D eigenvalue weighted by Crippen LogP contribution is -2.28. The van der Waals surface area contributed by atoms with Crippen LogP contribution in [0.4, 0.5) is 13.2 Å². The zero-order valence-corrected chi connectivity index (χ0v) is 9.93. The van der Waals surface area contributed by atoms with E-state index in [9.17, 15) is 13.2 Å². The summed E-state index contributed by atoms with van der Waals surface area (Å²) >= 11 is 0. The van der Waals surface area contributed by atoms with Gasteiger partial charge in [-0.3, -0.25) is 0 Å². The lowest BCUT2D eigenvalue weighted by molar-refractivity contribution is -0.138. The van der Waals surface area contributed by atoms with E-state index in [0.29, 0.717) is 18.4 Å². The zero-order valence-electron chi connectivity index (χ0n) is 9.93. The number of hydrogen-bond acceptors (Lipinski definition) is 0. The van der Waals surface area contributed by atoms with Gasteiger partial charge in [-0.1, -0.05) is 31.0 Å². The summed E-state index contributed by atoms with van der Waals surface area (Å²) < 4.78 is 39.1. The molecule has 1 aromatic carbocycles. The van der Waals surface area contributed by atoms with Crippen LogP contribution in [0.2, 0.25) is 0 Å². The maximum Gasteiger partial charge on any atom is 0.416 e. The Morgan fingerprint density at radius 2 is 1.78 bits per heavy atom. The highest BCUT2D eigenvalue weighted by Gasteiger charge is 2.45. The Kier molecular flexibility index (Phi) is 3.34. The average Bonchev–Trinajstić information content (AvgIpc) is 2.78. The lowest BCUT2D eigenvalue weighted by atomic mass is 9.76. The van der Waals surface area contributed by atoms with E-state index >= 15 is 0 Å². The molecule has 0 N–H and O–H groups in total. The molecule has 0 heterocycles. The second kappa shape index (κ2) is 4.64. The normalized spacial score (nSPS) is 18.6. The second-order valence-corrected chi connectivity index (χ2v) is 4.85. The molecule has 1 aromatic rings. The SMILES string of the molecule is [C-]#[N+]CC1(c2ccccc2C(F)(F)F)CCCC1. The molecule has 1 fully saturated rings. The van der Waals surface area contributed by atoms with Crippen molar-refractivity contribution in [1.82, 2.24) is 0 Å². The van der Waals surface area contributed by atoms with Crippen LogP contribution in [-0.2, 0) is 11.6 Å². The Balaban J connectivity index is 2.52. The Morgan fingerprint density at radius 3 is 2.33 bits per heavy atom. The van der Waals surface area contributed by atoms with Crippen LogP contribution in [0.3, 0.4) is 0 Å². The number of benzene rings is 1. The summed E-state index contributed by atoms with van der Waals surface area (Å²) in [5.41, 5.74) is -0.852. The summed E-state index contributed by atoms with van der Waals surface area (Å²) in [4.78, 5) is 3.37. The van der Waals surface area contributed by atoms with Gasteiger partial charge in [0.15, 0.2) is 0 Å². The van der Waals surface area contributed by atoms with Crippen molar-refractivity contribution in [3.63, 3.8) is 0 Å². The molecule has 96 valence electrons. The van der Waals surface area contributed by atoms with E-state index in [0.717, 1.165) is 18.9 Å². The molecule has 1 nitrogen and oxygen atoms in total. The quantitative estimate of drug-likeness (QED) is 0.686. The fourth-order valence-electron chi connectivity index (χ4n) is 2.91. The Labute approximate surface area is 104 Å².